The first-order chi connectivity index (χ1) is 14.4. The highest BCUT2D eigenvalue weighted by molar-refractivity contribution is 14.1. The summed E-state index contributed by atoms with van der Waals surface area (Å²) in [5.74, 6) is -0.205. The van der Waals surface area contributed by atoms with E-state index in [1.807, 2.05) is 35.1 Å². The van der Waals surface area contributed by atoms with E-state index < -0.39 is 0 Å². The highest BCUT2D eigenvalue weighted by atomic mass is 127. The third-order valence-electron chi connectivity index (χ3n) is 6.22. The van der Waals surface area contributed by atoms with Crippen molar-refractivity contribution in [2.75, 3.05) is 26.7 Å². The lowest BCUT2D eigenvalue weighted by atomic mass is 9.73. The number of hydrogen-bond donors (Lipinski definition) is 0. The van der Waals surface area contributed by atoms with Crippen molar-refractivity contribution in [3.05, 3.63) is 64.6 Å². The molecule has 160 valence electrons. The number of hydrogen-bond acceptors (Lipinski definition) is 3. The molecule has 0 saturated carbocycles. The minimum atomic E-state index is -0.205. The van der Waals surface area contributed by atoms with Gasteiger partial charge in [0.05, 0.1) is 22.8 Å². The van der Waals surface area contributed by atoms with E-state index in [1.165, 1.54) is 0 Å². The molecule has 0 spiro atoms. The molecule has 2 aromatic carbocycles. The first-order valence-electron chi connectivity index (χ1n) is 10.2. The molecule has 30 heavy (non-hydrogen) atoms. The lowest BCUT2D eigenvalue weighted by molar-refractivity contribution is 0.00696. The van der Waals surface area contributed by atoms with Crippen LogP contribution >= 0.6 is 34.2 Å². The summed E-state index contributed by atoms with van der Waals surface area (Å²) < 4.78 is 22.7. The topological polar surface area (TPSA) is 30.3 Å². The smallest absolute Gasteiger partial charge is 0.123 e. The second-order valence-electron chi connectivity index (χ2n) is 8.26. The van der Waals surface area contributed by atoms with Crippen LogP contribution in [0.1, 0.15) is 37.0 Å². The monoisotopic (exact) mass is 541 g/mol. The van der Waals surface area contributed by atoms with E-state index in [4.69, 9.17) is 21.4 Å². The van der Waals surface area contributed by atoms with Crippen LogP contribution in [-0.2, 0) is 14.7 Å². The second-order valence-corrected chi connectivity index (χ2v) is 9.38. The van der Waals surface area contributed by atoms with E-state index in [9.17, 15) is 4.39 Å². The Morgan fingerprint density at radius 2 is 1.93 bits per heavy atom. The Labute approximate surface area is 195 Å². The first-order valence-corrected chi connectivity index (χ1v) is 12.1. The van der Waals surface area contributed by atoms with Crippen molar-refractivity contribution in [2.45, 2.75) is 35.8 Å². The van der Waals surface area contributed by atoms with Crippen LogP contribution in [0.3, 0.4) is 0 Å². The number of nitrogens with zero attached hydrogens (tertiary/aromatic N) is 3. The molecule has 1 aliphatic rings. The van der Waals surface area contributed by atoms with Gasteiger partial charge < -0.3 is 9.64 Å². The lowest BCUT2D eigenvalue weighted by Gasteiger charge is -2.41. The predicted octanol–water partition coefficient (Wildman–Crippen LogP) is 5.96. The molecule has 0 N–H and O–H groups in total. The molecule has 0 amide bonds. The standard InChI is InChI=1S/C23H26ClFIN3O/c1-16(21-12-19(24)11-17-13-29(15-26)27-22(17)21)30-14-23(7-9-28(2)10-8-23)18-3-5-20(25)6-4-18/h3-6,11-13,16H,7-10,14-15H2,1-2H3/t16-/m1/s1. The molecule has 1 fully saturated rings. The quantitative estimate of drug-likeness (QED) is 0.285. The van der Waals surface area contributed by atoms with Crippen molar-refractivity contribution >= 4 is 45.1 Å². The molecule has 1 saturated heterocycles. The fraction of sp³-hybridized carbons (Fsp3) is 0.435. The van der Waals surface area contributed by atoms with E-state index in [2.05, 4.69) is 41.5 Å². The zero-order valence-electron chi connectivity index (χ0n) is 17.2. The largest absolute Gasteiger partial charge is 0.373 e. The van der Waals surface area contributed by atoms with Gasteiger partial charge in [0, 0.05) is 27.6 Å². The average molecular weight is 542 g/mol. The van der Waals surface area contributed by atoms with Gasteiger partial charge >= 0.3 is 0 Å². The number of halogens is 3. The normalized spacial score (nSPS) is 18.0. The van der Waals surface area contributed by atoms with Gasteiger partial charge in [-0.05, 0) is 69.7 Å². The fourth-order valence-corrected chi connectivity index (χ4v) is 4.87. The summed E-state index contributed by atoms with van der Waals surface area (Å²) in [7, 11) is 2.14. The van der Waals surface area contributed by atoms with Gasteiger partial charge in [-0.15, -0.1) is 0 Å². The van der Waals surface area contributed by atoms with Crippen LogP contribution in [0.2, 0.25) is 5.02 Å². The molecule has 0 radical (unpaired) electrons. The van der Waals surface area contributed by atoms with Crippen molar-refractivity contribution < 1.29 is 9.13 Å². The lowest BCUT2D eigenvalue weighted by Crippen LogP contribution is -2.44. The maximum Gasteiger partial charge on any atom is 0.123 e. The maximum absolute atomic E-state index is 13.5. The van der Waals surface area contributed by atoms with E-state index in [1.54, 1.807) is 12.1 Å². The Balaban J connectivity index is 1.60. The van der Waals surface area contributed by atoms with Gasteiger partial charge in [-0.25, -0.2) is 4.39 Å². The van der Waals surface area contributed by atoms with Gasteiger partial charge in [-0.2, -0.15) is 5.10 Å². The number of likely N-dealkylation sites (tertiary alicyclic amines) is 1. The Kier molecular flexibility index (Phi) is 6.67. The Morgan fingerprint density at radius 1 is 1.23 bits per heavy atom. The summed E-state index contributed by atoms with van der Waals surface area (Å²) in [6, 6.07) is 10.8. The number of alkyl halides is 1. The van der Waals surface area contributed by atoms with Gasteiger partial charge in [0.15, 0.2) is 0 Å². The summed E-state index contributed by atoms with van der Waals surface area (Å²) in [6.45, 7) is 4.63. The second kappa shape index (κ2) is 9.10. The fourth-order valence-electron chi connectivity index (χ4n) is 4.29. The highest BCUT2D eigenvalue weighted by Crippen LogP contribution is 2.38. The molecule has 1 aliphatic heterocycles. The number of ether oxygens (including phenoxy) is 1. The van der Waals surface area contributed by atoms with E-state index in [0.717, 1.165) is 52.5 Å². The number of aromatic nitrogens is 2. The molecule has 0 bridgehead atoms. The number of fused-ring (bicyclic) bond motifs is 1. The molecule has 7 heteroatoms. The van der Waals surface area contributed by atoms with E-state index >= 15 is 0 Å². The van der Waals surface area contributed by atoms with Gasteiger partial charge in [-0.1, -0.05) is 46.3 Å². The van der Waals surface area contributed by atoms with Gasteiger partial charge in [0.25, 0.3) is 0 Å². The molecular formula is C23H26ClFIN3O. The van der Waals surface area contributed by atoms with Crippen LogP contribution in [-0.4, -0.2) is 41.4 Å². The summed E-state index contributed by atoms with van der Waals surface area (Å²) in [5.41, 5.74) is 2.97. The van der Waals surface area contributed by atoms with Crippen molar-refractivity contribution in [2.24, 2.45) is 0 Å². The van der Waals surface area contributed by atoms with E-state index in [0.29, 0.717) is 11.6 Å². The summed E-state index contributed by atoms with van der Waals surface area (Å²) in [5, 5.41) is 6.42. The van der Waals surface area contributed by atoms with Gasteiger partial charge in [0.2, 0.25) is 0 Å². The average Bonchev–Trinajstić information content (AvgIpc) is 3.16. The van der Waals surface area contributed by atoms with Crippen molar-refractivity contribution in [1.29, 1.82) is 0 Å². The number of benzene rings is 2. The first kappa shape index (κ1) is 22.0. The zero-order valence-corrected chi connectivity index (χ0v) is 20.2. The van der Waals surface area contributed by atoms with Crippen LogP contribution in [0.25, 0.3) is 10.9 Å². The molecule has 0 unspecified atom stereocenters. The predicted molar refractivity (Wildman–Crippen MR) is 128 cm³/mol. The third-order valence-corrected chi connectivity index (χ3v) is 7.14. The Morgan fingerprint density at radius 3 is 2.60 bits per heavy atom. The van der Waals surface area contributed by atoms with Gasteiger partial charge in [-0.3, -0.25) is 4.68 Å². The summed E-state index contributed by atoms with van der Waals surface area (Å²) in [4.78, 5) is 2.34. The SMILES string of the molecule is C[C@@H](OCC1(c2ccc(F)cc2)CCN(C)CC1)c1cc(Cl)cc2cn(CI)nc12. The molecule has 4 rings (SSSR count). The van der Waals surface area contributed by atoms with Crippen LogP contribution in [0.5, 0.6) is 0 Å². The van der Waals surface area contributed by atoms with Crippen LogP contribution in [0.4, 0.5) is 4.39 Å². The minimum absolute atomic E-state index is 0.117. The molecule has 1 aromatic heterocycles. The van der Waals surface area contributed by atoms with Crippen molar-refractivity contribution in [3.63, 3.8) is 0 Å². The molecule has 2 heterocycles. The summed E-state index contributed by atoms with van der Waals surface area (Å²) >= 11 is 8.68. The third kappa shape index (κ3) is 4.52. The summed E-state index contributed by atoms with van der Waals surface area (Å²) in [6.07, 6.45) is 3.83. The Hall–Kier alpha value is -1.22. The molecule has 0 aliphatic carbocycles. The molecule has 4 nitrogen and oxygen atoms in total. The minimum Gasteiger partial charge on any atom is -0.373 e. The number of rotatable bonds is 6. The molecule has 3 aromatic rings. The Bertz CT molecular complexity index is 1020. The van der Waals surface area contributed by atoms with Crippen LogP contribution in [0.15, 0.2) is 42.6 Å². The highest BCUT2D eigenvalue weighted by Gasteiger charge is 2.36. The van der Waals surface area contributed by atoms with Gasteiger partial charge in [0.1, 0.15) is 5.82 Å². The molecule has 1 atom stereocenters. The maximum atomic E-state index is 13.5. The van der Waals surface area contributed by atoms with E-state index in [-0.39, 0.29) is 17.3 Å². The zero-order chi connectivity index (χ0) is 21.3. The van der Waals surface area contributed by atoms with Crippen LogP contribution < -0.4 is 0 Å². The number of piperidine rings is 1. The van der Waals surface area contributed by atoms with Crippen molar-refractivity contribution in [1.82, 2.24) is 14.7 Å². The van der Waals surface area contributed by atoms with Crippen molar-refractivity contribution in [3.8, 4) is 0 Å². The van der Waals surface area contributed by atoms with Crippen LogP contribution in [0, 0.1) is 5.82 Å². The molecular weight excluding hydrogens is 516 g/mol.